The van der Waals surface area contributed by atoms with Gasteiger partial charge in [0.2, 0.25) is 5.91 Å². The monoisotopic (exact) mass is 392 g/mol. The number of carboxylic acid groups (broad SMARTS) is 1. The summed E-state index contributed by atoms with van der Waals surface area (Å²) in [5.74, 6) is -1.77. The Balaban J connectivity index is 1.41. The lowest BCUT2D eigenvalue weighted by atomic mass is 9.88. The fourth-order valence-corrected chi connectivity index (χ4v) is 4.34. The van der Waals surface area contributed by atoms with E-state index in [0.717, 1.165) is 11.1 Å². The van der Waals surface area contributed by atoms with Gasteiger partial charge in [0.15, 0.2) is 0 Å². The molecule has 2 aromatic rings. The molecule has 4 rings (SSSR count). The Kier molecular flexibility index (Phi) is 5.34. The molecule has 2 aliphatic rings. The van der Waals surface area contributed by atoms with Crippen molar-refractivity contribution in [2.45, 2.75) is 25.3 Å². The van der Waals surface area contributed by atoms with Crippen molar-refractivity contribution in [3.8, 4) is 0 Å². The summed E-state index contributed by atoms with van der Waals surface area (Å²) in [6.45, 7) is 1.73. The lowest BCUT2D eigenvalue weighted by molar-refractivity contribution is -0.143. The Hall–Kier alpha value is -3.15. The van der Waals surface area contributed by atoms with Gasteiger partial charge in [0.1, 0.15) is 0 Å². The van der Waals surface area contributed by atoms with Crippen molar-refractivity contribution in [2.24, 2.45) is 5.92 Å². The maximum absolute atomic E-state index is 13.1. The highest BCUT2D eigenvalue weighted by atomic mass is 16.4. The summed E-state index contributed by atoms with van der Waals surface area (Å²) in [5.41, 5.74) is 2.36. The second kappa shape index (κ2) is 8.07. The standard InChI is InChI=1S/C23H24N2O4/c26-21(16-6-2-1-3-7-16)24-12-10-17(11-13-24)22(27)25-14-18-8-4-5-9-19(18)20(15-25)23(28)29/h1-9,17,20H,10-15H2,(H,28,29). The van der Waals surface area contributed by atoms with Crippen molar-refractivity contribution in [1.29, 1.82) is 0 Å². The van der Waals surface area contributed by atoms with E-state index in [2.05, 4.69) is 0 Å². The summed E-state index contributed by atoms with van der Waals surface area (Å²) >= 11 is 0. The van der Waals surface area contributed by atoms with Crippen LogP contribution in [0.1, 0.15) is 40.2 Å². The molecule has 0 bridgehead atoms. The molecule has 2 aromatic carbocycles. The highest BCUT2D eigenvalue weighted by Crippen LogP contribution is 2.31. The van der Waals surface area contributed by atoms with Gasteiger partial charge in [-0.25, -0.2) is 0 Å². The Morgan fingerprint density at radius 1 is 0.862 bits per heavy atom. The van der Waals surface area contributed by atoms with Crippen LogP contribution in [0.3, 0.4) is 0 Å². The second-order valence-electron chi connectivity index (χ2n) is 7.74. The number of rotatable bonds is 3. The topological polar surface area (TPSA) is 77.9 Å². The van der Waals surface area contributed by atoms with Crippen LogP contribution in [0.15, 0.2) is 54.6 Å². The van der Waals surface area contributed by atoms with E-state index in [1.165, 1.54) is 0 Å². The van der Waals surface area contributed by atoms with E-state index in [1.54, 1.807) is 21.9 Å². The molecule has 0 aromatic heterocycles. The Morgan fingerprint density at radius 3 is 2.21 bits per heavy atom. The van der Waals surface area contributed by atoms with Gasteiger partial charge in [-0.05, 0) is 36.1 Å². The minimum atomic E-state index is -0.904. The van der Waals surface area contributed by atoms with E-state index in [9.17, 15) is 19.5 Å². The number of carbonyl (C=O) groups excluding carboxylic acids is 2. The number of hydrogen-bond donors (Lipinski definition) is 1. The van der Waals surface area contributed by atoms with E-state index in [4.69, 9.17) is 0 Å². The van der Waals surface area contributed by atoms with E-state index in [0.29, 0.717) is 38.0 Å². The van der Waals surface area contributed by atoms with Crippen molar-refractivity contribution in [3.05, 3.63) is 71.3 Å². The third kappa shape index (κ3) is 3.88. The third-order valence-corrected chi connectivity index (χ3v) is 5.96. The molecular formula is C23H24N2O4. The molecule has 1 atom stereocenters. The molecule has 2 amide bonds. The van der Waals surface area contributed by atoms with Crippen molar-refractivity contribution in [1.82, 2.24) is 9.80 Å². The lowest BCUT2D eigenvalue weighted by Crippen LogP contribution is -2.47. The van der Waals surface area contributed by atoms with Crippen LogP contribution < -0.4 is 0 Å². The van der Waals surface area contributed by atoms with Gasteiger partial charge in [-0.2, -0.15) is 0 Å². The maximum Gasteiger partial charge on any atom is 0.312 e. The molecule has 0 radical (unpaired) electrons. The Bertz CT molecular complexity index is 919. The number of carboxylic acids is 1. The van der Waals surface area contributed by atoms with Crippen molar-refractivity contribution < 1.29 is 19.5 Å². The molecular weight excluding hydrogens is 368 g/mol. The van der Waals surface area contributed by atoms with Gasteiger partial charge < -0.3 is 14.9 Å². The average molecular weight is 392 g/mol. The molecule has 2 aliphatic heterocycles. The molecule has 6 heteroatoms. The molecule has 150 valence electrons. The van der Waals surface area contributed by atoms with Crippen LogP contribution in [0, 0.1) is 5.92 Å². The SMILES string of the molecule is O=C(O)C1CN(C(=O)C2CCN(C(=O)c3ccccc3)CC2)Cc2ccccc21. The molecule has 6 nitrogen and oxygen atoms in total. The van der Waals surface area contributed by atoms with Gasteiger partial charge in [-0.15, -0.1) is 0 Å². The minimum absolute atomic E-state index is 0.00226. The molecule has 0 saturated carbocycles. The second-order valence-corrected chi connectivity index (χ2v) is 7.74. The third-order valence-electron chi connectivity index (χ3n) is 5.96. The number of fused-ring (bicyclic) bond motifs is 1. The smallest absolute Gasteiger partial charge is 0.312 e. The molecule has 0 spiro atoms. The maximum atomic E-state index is 13.1. The fraction of sp³-hybridized carbons (Fsp3) is 0.348. The van der Waals surface area contributed by atoms with E-state index >= 15 is 0 Å². The predicted molar refractivity (Wildman–Crippen MR) is 107 cm³/mol. The highest BCUT2D eigenvalue weighted by molar-refractivity contribution is 5.94. The van der Waals surface area contributed by atoms with E-state index in [-0.39, 0.29) is 24.3 Å². The number of piperidine rings is 1. The molecule has 1 unspecified atom stereocenters. The molecule has 2 heterocycles. The zero-order chi connectivity index (χ0) is 20.4. The predicted octanol–water partition coefficient (Wildman–Crippen LogP) is 2.75. The van der Waals surface area contributed by atoms with Crippen molar-refractivity contribution >= 4 is 17.8 Å². The van der Waals surface area contributed by atoms with Gasteiger partial charge in [0, 0.05) is 37.7 Å². The van der Waals surface area contributed by atoms with E-state index < -0.39 is 11.9 Å². The molecule has 0 aliphatic carbocycles. The normalized spacial score (nSPS) is 19.5. The number of aliphatic carboxylic acids is 1. The van der Waals surface area contributed by atoms with Crippen molar-refractivity contribution in [3.63, 3.8) is 0 Å². The number of likely N-dealkylation sites (tertiary alicyclic amines) is 1. The van der Waals surface area contributed by atoms with Crippen LogP contribution in [0.4, 0.5) is 0 Å². The van der Waals surface area contributed by atoms with Gasteiger partial charge in [-0.3, -0.25) is 14.4 Å². The average Bonchev–Trinajstić information content (AvgIpc) is 2.78. The number of benzene rings is 2. The quantitative estimate of drug-likeness (QED) is 0.871. The van der Waals surface area contributed by atoms with Crippen LogP contribution in [-0.2, 0) is 16.1 Å². The van der Waals surface area contributed by atoms with Gasteiger partial charge >= 0.3 is 5.97 Å². The fourth-order valence-electron chi connectivity index (χ4n) is 4.34. The van der Waals surface area contributed by atoms with Crippen LogP contribution in [0.2, 0.25) is 0 Å². The summed E-state index contributed by atoms with van der Waals surface area (Å²) in [6.07, 6.45) is 1.21. The number of hydrogen-bond acceptors (Lipinski definition) is 3. The van der Waals surface area contributed by atoms with Crippen LogP contribution in [-0.4, -0.2) is 52.3 Å². The largest absolute Gasteiger partial charge is 0.481 e. The Labute approximate surface area is 169 Å². The molecule has 1 fully saturated rings. The molecule has 1 N–H and O–H groups in total. The van der Waals surface area contributed by atoms with Gasteiger partial charge in [0.05, 0.1) is 5.92 Å². The molecule has 1 saturated heterocycles. The first-order valence-electron chi connectivity index (χ1n) is 9.98. The van der Waals surface area contributed by atoms with Crippen LogP contribution in [0.5, 0.6) is 0 Å². The number of amides is 2. The van der Waals surface area contributed by atoms with Crippen LogP contribution in [0.25, 0.3) is 0 Å². The first-order chi connectivity index (χ1) is 14.0. The zero-order valence-corrected chi connectivity index (χ0v) is 16.2. The summed E-state index contributed by atoms with van der Waals surface area (Å²) < 4.78 is 0. The lowest BCUT2D eigenvalue weighted by Gasteiger charge is -2.37. The summed E-state index contributed by atoms with van der Waals surface area (Å²) in [5, 5.41) is 9.62. The summed E-state index contributed by atoms with van der Waals surface area (Å²) in [6, 6.07) is 16.6. The van der Waals surface area contributed by atoms with Gasteiger partial charge in [-0.1, -0.05) is 42.5 Å². The first kappa shape index (κ1) is 19.2. The summed E-state index contributed by atoms with van der Waals surface area (Å²) in [4.78, 5) is 40.9. The van der Waals surface area contributed by atoms with Gasteiger partial charge in [0.25, 0.3) is 5.91 Å². The Morgan fingerprint density at radius 2 is 1.52 bits per heavy atom. The first-order valence-corrected chi connectivity index (χ1v) is 9.98. The highest BCUT2D eigenvalue weighted by Gasteiger charge is 2.36. The molecule has 29 heavy (non-hydrogen) atoms. The number of carbonyl (C=O) groups is 3. The minimum Gasteiger partial charge on any atom is -0.481 e. The number of nitrogens with zero attached hydrogens (tertiary/aromatic N) is 2. The zero-order valence-electron chi connectivity index (χ0n) is 16.2. The summed E-state index contributed by atoms with van der Waals surface area (Å²) in [7, 11) is 0. The van der Waals surface area contributed by atoms with E-state index in [1.807, 2.05) is 42.5 Å². The van der Waals surface area contributed by atoms with Crippen molar-refractivity contribution in [2.75, 3.05) is 19.6 Å². The van der Waals surface area contributed by atoms with Crippen LogP contribution >= 0.6 is 0 Å².